The van der Waals surface area contributed by atoms with E-state index in [4.69, 9.17) is 26.8 Å². The first-order valence-corrected chi connectivity index (χ1v) is 6.94. The van der Waals surface area contributed by atoms with Gasteiger partial charge in [0.25, 0.3) is 0 Å². The van der Waals surface area contributed by atoms with Crippen molar-refractivity contribution in [2.75, 3.05) is 12.3 Å². The first-order chi connectivity index (χ1) is 9.63. The third-order valence-electron chi connectivity index (χ3n) is 3.37. The molecule has 1 unspecified atom stereocenters. The summed E-state index contributed by atoms with van der Waals surface area (Å²) in [5.41, 5.74) is 8.87. The Morgan fingerprint density at radius 3 is 3.00 bits per heavy atom. The number of hydrogen-bond donors (Lipinski definition) is 1. The van der Waals surface area contributed by atoms with Gasteiger partial charge in [-0.2, -0.15) is 0 Å². The number of nitrogens with two attached hydrogens (primary N) is 1. The molecule has 0 aromatic heterocycles. The molecule has 104 valence electrons. The third-order valence-corrected chi connectivity index (χ3v) is 3.67. The standard InChI is InChI=1S/C16H16ClNO2/c1-10-5-6-15-11(7-10)8-12(20-15)9-19-16-13(17)3-2-4-14(16)18/h2-7,12H,8-9,18H2,1H3. The minimum absolute atomic E-state index is 0.00229. The summed E-state index contributed by atoms with van der Waals surface area (Å²) in [4.78, 5) is 0. The smallest absolute Gasteiger partial charge is 0.160 e. The molecule has 0 spiro atoms. The highest BCUT2D eigenvalue weighted by atomic mass is 35.5. The van der Waals surface area contributed by atoms with Crippen molar-refractivity contribution in [2.24, 2.45) is 0 Å². The van der Waals surface area contributed by atoms with Crippen LogP contribution in [-0.4, -0.2) is 12.7 Å². The Balaban J connectivity index is 1.67. The van der Waals surface area contributed by atoms with E-state index in [9.17, 15) is 0 Å². The molecule has 0 aliphatic carbocycles. The lowest BCUT2D eigenvalue weighted by Crippen LogP contribution is -2.22. The van der Waals surface area contributed by atoms with E-state index in [1.807, 2.05) is 12.1 Å². The first kappa shape index (κ1) is 13.1. The number of hydrogen-bond acceptors (Lipinski definition) is 3. The zero-order valence-corrected chi connectivity index (χ0v) is 12.0. The Morgan fingerprint density at radius 1 is 1.35 bits per heavy atom. The van der Waals surface area contributed by atoms with E-state index in [-0.39, 0.29) is 6.10 Å². The fourth-order valence-electron chi connectivity index (χ4n) is 2.40. The van der Waals surface area contributed by atoms with Crippen LogP contribution in [-0.2, 0) is 6.42 Å². The predicted octanol–water partition coefficient (Wildman–Crippen LogP) is 3.61. The van der Waals surface area contributed by atoms with Gasteiger partial charge in [0.05, 0.1) is 10.7 Å². The summed E-state index contributed by atoms with van der Waals surface area (Å²) >= 11 is 6.08. The van der Waals surface area contributed by atoms with Gasteiger partial charge in [-0.25, -0.2) is 0 Å². The number of ether oxygens (including phenoxy) is 2. The van der Waals surface area contributed by atoms with Gasteiger partial charge in [0, 0.05) is 6.42 Å². The molecule has 0 bridgehead atoms. The Bertz CT molecular complexity index is 622. The van der Waals surface area contributed by atoms with Crippen LogP contribution in [0, 0.1) is 6.92 Å². The van der Waals surface area contributed by atoms with E-state index in [2.05, 4.69) is 13.0 Å². The monoisotopic (exact) mass is 289 g/mol. The molecule has 0 saturated carbocycles. The predicted molar refractivity (Wildman–Crippen MR) is 80.7 cm³/mol. The fraction of sp³-hybridized carbons (Fsp3) is 0.250. The molecular formula is C16H16ClNO2. The number of para-hydroxylation sites is 1. The molecule has 2 N–H and O–H groups in total. The van der Waals surface area contributed by atoms with Crippen molar-refractivity contribution in [1.29, 1.82) is 0 Å². The molecule has 1 atom stereocenters. The third kappa shape index (κ3) is 2.54. The van der Waals surface area contributed by atoms with E-state index in [0.717, 1.165) is 12.2 Å². The minimum Gasteiger partial charge on any atom is -0.486 e. The van der Waals surface area contributed by atoms with Crippen LogP contribution in [0.4, 0.5) is 5.69 Å². The Kier molecular flexibility index (Phi) is 3.45. The molecule has 2 aromatic carbocycles. The van der Waals surface area contributed by atoms with Gasteiger partial charge in [-0.05, 0) is 30.7 Å². The van der Waals surface area contributed by atoms with Crippen LogP contribution < -0.4 is 15.2 Å². The molecule has 20 heavy (non-hydrogen) atoms. The second-order valence-corrected chi connectivity index (χ2v) is 5.43. The highest BCUT2D eigenvalue weighted by molar-refractivity contribution is 6.32. The molecule has 4 heteroatoms. The minimum atomic E-state index is 0.00229. The summed E-state index contributed by atoms with van der Waals surface area (Å²) < 4.78 is 11.6. The summed E-state index contributed by atoms with van der Waals surface area (Å²) in [7, 11) is 0. The van der Waals surface area contributed by atoms with Crippen LogP contribution in [0.25, 0.3) is 0 Å². The van der Waals surface area contributed by atoms with Crippen molar-refractivity contribution in [3.63, 3.8) is 0 Å². The lowest BCUT2D eigenvalue weighted by Gasteiger charge is -2.14. The van der Waals surface area contributed by atoms with E-state index >= 15 is 0 Å². The lowest BCUT2D eigenvalue weighted by molar-refractivity contribution is 0.149. The lowest BCUT2D eigenvalue weighted by atomic mass is 10.1. The van der Waals surface area contributed by atoms with E-state index in [1.54, 1.807) is 18.2 Å². The maximum absolute atomic E-state index is 6.08. The molecule has 1 aliphatic rings. The molecule has 2 aromatic rings. The molecule has 0 fully saturated rings. The normalized spacial score (nSPS) is 16.6. The van der Waals surface area contributed by atoms with Gasteiger partial charge in [-0.15, -0.1) is 0 Å². The van der Waals surface area contributed by atoms with E-state index in [0.29, 0.717) is 23.1 Å². The van der Waals surface area contributed by atoms with Crippen LogP contribution in [0.3, 0.4) is 0 Å². The van der Waals surface area contributed by atoms with Crippen molar-refractivity contribution >= 4 is 17.3 Å². The van der Waals surface area contributed by atoms with Crippen LogP contribution >= 0.6 is 11.6 Å². The van der Waals surface area contributed by atoms with Crippen molar-refractivity contribution in [2.45, 2.75) is 19.4 Å². The first-order valence-electron chi connectivity index (χ1n) is 6.56. The largest absolute Gasteiger partial charge is 0.486 e. The molecule has 3 nitrogen and oxygen atoms in total. The SMILES string of the molecule is Cc1ccc2c(c1)CC(COc1c(N)cccc1Cl)O2. The van der Waals surface area contributed by atoms with Crippen molar-refractivity contribution in [1.82, 2.24) is 0 Å². The van der Waals surface area contributed by atoms with Crippen LogP contribution in [0.1, 0.15) is 11.1 Å². The van der Waals surface area contributed by atoms with Crippen molar-refractivity contribution in [3.05, 3.63) is 52.5 Å². The number of anilines is 1. The molecule has 0 amide bonds. The zero-order chi connectivity index (χ0) is 14.1. The topological polar surface area (TPSA) is 44.5 Å². The Morgan fingerprint density at radius 2 is 2.20 bits per heavy atom. The summed E-state index contributed by atoms with van der Waals surface area (Å²) in [6, 6.07) is 11.5. The second-order valence-electron chi connectivity index (χ2n) is 5.02. The maximum atomic E-state index is 6.08. The van der Waals surface area contributed by atoms with Crippen LogP contribution in [0.2, 0.25) is 5.02 Å². The average Bonchev–Trinajstić information content (AvgIpc) is 2.80. The number of fused-ring (bicyclic) bond motifs is 1. The molecule has 1 heterocycles. The molecule has 3 rings (SSSR count). The molecule has 0 saturated heterocycles. The summed E-state index contributed by atoms with van der Waals surface area (Å²) in [6.45, 7) is 2.51. The quantitative estimate of drug-likeness (QED) is 0.878. The van der Waals surface area contributed by atoms with Gasteiger partial charge in [0.1, 0.15) is 18.5 Å². The van der Waals surface area contributed by atoms with Gasteiger partial charge in [-0.3, -0.25) is 0 Å². The van der Waals surface area contributed by atoms with Gasteiger partial charge in [-0.1, -0.05) is 35.4 Å². The number of halogens is 1. The highest BCUT2D eigenvalue weighted by Crippen LogP contribution is 2.33. The average molecular weight is 290 g/mol. The van der Waals surface area contributed by atoms with Crippen molar-refractivity contribution < 1.29 is 9.47 Å². The molecule has 0 radical (unpaired) electrons. The Hall–Kier alpha value is -1.87. The second kappa shape index (κ2) is 5.25. The van der Waals surface area contributed by atoms with Gasteiger partial charge in [0.2, 0.25) is 0 Å². The summed E-state index contributed by atoms with van der Waals surface area (Å²) in [5.74, 6) is 1.47. The van der Waals surface area contributed by atoms with E-state index in [1.165, 1.54) is 11.1 Å². The van der Waals surface area contributed by atoms with Crippen LogP contribution in [0.5, 0.6) is 11.5 Å². The zero-order valence-electron chi connectivity index (χ0n) is 11.2. The van der Waals surface area contributed by atoms with Gasteiger partial charge < -0.3 is 15.2 Å². The van der Waals surface area contributed by atoms with E-state index < -0.39 is 0 Å². The van der Waals surface area contributed by atoms with Crippen LogP contribution in [0.15, 0.2) is 36.4 Å². The Labute approximate surface area is 123 Å². The fourth-order valence-corrected chi connectivity index (χ4v) is 2.63. The number of rotatable bonds is 3. The summed E-state index contributed by atoms with van der Waals surface area (Å²) in [6.07, 6.45) is 0.851. The molecule has 1 aliphatic heterocycles. The number of benzene rings is 2. The van der Waals surface area contributed by atoms with Gasteiger partial charge in [0.15, 0.2) is 5.75 Å². The number of nitrogen functional groups attached to an aromatic ring is 1. The number of aryl methyl sites for hydroxylation is 1. The highest BCUT2D eigenvalue weighted by Gasteiger charge is 2.23. The maximum Gasteiger partial charge on any atom is 0.160 e. The van der Waals surface area contributed by atoms with Gasteiger partial charge >= 0.3 is 0 Å². The molecular weight excluding hydrogens is 274 g/mol. The summed E-state index contributed by atoms with van der Waals surface area (Å²) in [5, 5.41) is 0.524. The van der Waals surface area contributed by atoms with Crippen molar-refractivity contribution in [3.8, 4) is 11.5 Å².